The van der Waals surface area contributed by atoms with E-state index < -0.39 is 16.5 Å². The van der Waals surface area contributed by atoms with Gasteiger partial charge in [0.05, 0.1) is 0 Å². The average molecular weight is 380 g/mol. The van der Waals surface area contributed by atoms with Crippen LogP contribution < -0.4 is 0 Å². The van der Waals surface area contributed by atoms with Crippen LogP contribution in [0.3, 0.4) is 0 Å². The van der Waals surface area contributed by atoms with Crippen molar-refractivity contribution in [1.82, 2.24) is 0 Å². The van der Waals surface area contributed by atoms with Gasteiger partial charge < -0.3 is 20.6 Å². The standard InChI is InChI=1S/C12H27N2Si2.C4H8O.Cr/c1-10-11(15(4,5)13-2)8-9-12(10)16(6,7)14-3;1-2-4-5-3-1;/h11-12H,8-9H2,1-7H3;1-4H2;/q-3;;+3. The molecule has 2 fully saturated rings. The fraction of sp³-hybridized carbons (Fsp3) is 0.938. The Hall–Kier alpha value is 0.846. The molecule has 1 radical (unpaired) electrons. The van der Waals surface area contributed by atoms with Crippen LogP contribution in [0.5, 0.6) is 0 Å². The molecule has 1 heterocycles. The van der Waals surface area contributed by atoms with Crippen LogP contribution in [0.2, 0.25) is 37.3 Å². The van der Waals surface area contributed by atoms with Gasteiger partial charge >= 0.3 is 17.4 Å². The fourth-order valence-electron chi connectivity index (χ4n) is 3.67. The first kappa shape index (κ1) is 22.8. The normalized spacial score (nSPS) is 26.3. The Labute approximate surface area is 151 Å². The van der Waals surface area contributed by atoms with Crippen LogP contribution in [0.15, 0.2) is 0 Å². The fourth-order valence-corrected chi connectivity index (χ4v) is 8.84. The monoisotopic (exact) mass is 379 g/mol. The third kappa shape index (κ3) is 6.05. The van der Waals surface area contributed by atoms with Gasteiger partial charge in [0.1, 0.15) is 0 Å². The summed E-state index contributed by atoms with van der Waals surface area (Å²) >= 11 is 0. The van der Waals surface area contributed by atoms with Gasteiger partial charge in [-0.05, 0) is 12.8 Å². The van der Waals surface area contributed by atoms with Crippen molar-refractivity contribution in [2.24, 2.45) is 0 Å². The van der Waals surface area contributed by atoms with Gasteiger partial charge in [-0.3, -0.25) is 0 Å². The molecular formula is C16H35CrN2OSi2. The zero-order valence-electron chi connectivity index (χ0n) is 15.6. The molecule has 2 atom stereocenters. The summed E-state index contributed by atoms with van der Waals surface area (Å²) < 4.78 is 4.94. The van der Waals surface area contributed by atoms with Crippen molar-refractivity contribution >= 4 is 16.5 Å². The summed E-state index contributed by atoms with van der Waals surface area (Å²) in [4.78, 5) is 9.40. The predicted octanol–water partition coefficient (Wildman–Crippen LogP) is 5.33. The minimum absolute atomic E-state index is 0. The maximum absolute atomic E-state index is 4.94. The molecule has 0 bridgehead atoms. The van der Waals surface area contributed by atoms with Crippen LogP contribution in [0, 0.1) is 5.92 Å². The number of nitrogens with zero attached hydrogens (tertiary/aromatic N) is 2. The van der Waals surface area contributed by atoms with Gasteiger partial charge in [0.15, 0.2) is 0 Å². The van der Waals surface area contributed by atoms with E-state index in [1.54, 1.807) is 5.92 Å². The third-order valence-corrected chi connectivity index (χ3v) is 12.7. The van der Waals surface area contributed by atoms with Gasteiger partial charge in [-0.15, -0.1) is 0 Å². The zero-order valence-corrected chi connectivity index (χ0v) is 18.9. The van der Waals surface area contributed by atoms with E-state index in [0.717, 1.165) is 24.3 Å². The molecule has 1 saturated carbocycles. The summed E-state index contributed by atoms with van der Waals surface area (Å²) in [6, 6.07) is 0. The van der Waals surface area contributed by atoms with Crippen molar-refractivity contribution < 1.29 is 22.1 Å². The molecule has 129 valence electrons. The van der Waals surface area contributed by atoms with Crippen molar-refractivity contribution in [2.75, 3.05) is 27.3 Å². The SMILES string of the molecule is C1CCOC1.C[N-][Si](C)(C)C1CCC([Si](C)(C)[N-]C)[C-]1C.[Cr+3]. The molecule has 0 spiro atoms. The van der Waals surface area contributed by atoms with Gasteiger partial charge in [0.25, 0.3) is 0 Å². The van der Waals surface area contributed by atoms with Gasteiger partial charge in [-0.1, -0.05) is 55.5 Å². The average Bonchev–Trinajstić information content (AvgIpc) is 3.11. The van der Waals surface area contributed by atoms with Gasteiger partial charge in [0, 0.05) is 13.2 Å². The van der Waals surface area contributed by atoms with Crippen molar-refractivity contribution in [3.63, 3.8) is 0 Å². The van der Waals surface area contributed by atoms with Crippen LogP contribution in [-0.4, -0.2) is 43.8 Å². The largest absolute Gasteiger partial charge is 3.00 e. The van der Waals surface area contributed by atoms with E-state index >= 15 is 0 Å². The molecule has 0 aromatic rings. The van der Waals surface area contributed by atoms with E-state index in [1.807, 2.05) is 14.1 Å². The van der Waals surface area contributed by atoms with Gasteiger partial charge in [0.2, 0.25) is 0 Å². The Bertz CT molecular complexity index is 281. The molecular weight excluding hydrogens is 344 g/mol. The molecule has 3 nitrogen and oxygen atoms in total. The van der Waals surface area contributed by atoms with Gasteiger partial charge in [-0.2, -0.15) is 32.1 Å². The number of rotatable bonds is 4. The van der Waals surface area contributed by atoms with E-state index in [4.69, 9.17) is 14.7 Å². The maximum Gasteiger partial charge on any atom is 3.00 e. The molecule has 0 aromatic heterocycles. The minimum atomic E-state index is -1.37. The summed E-state index contributed by atoms with van der Waals surface area (Å²) in [5, 5.41) is 0. The first-order valence-corrected chi connectivity index (χ1v) is 14.4. The number of hydrogen-bond acceptors (Lipinski definition) is 1. The van der Waals surface area contributed by atoms with Crippen LogP contribution in [0.1, 0.15) is 32.6 Å². The predicted molar refractivity (Wildman–Crippen MR) is 99.2 cm³/mol. The van der Waals surface area contributed by atoms with E-state index in [2.05, 4.69) is 33.1 Å². The molecule has 1 aliphatic carbocycles. The Kier molecular flexibility index (Phi) is 10.4. The van der Waals surface area contributed by atoms with E-state index in [1.165, 1.54) is 25.7 Å². The summed E-state index contributed by atoms with van der Waals surface area (Å²) in [6.07, 6.45) is 5.28. The third-order valence-electron chi connectivity index (χ3n) is 5.53. The van der Waals surface area contributed by atoms with E-state index in [9.17, 15) is 0 Å². The second-order valence-electron chi connectivity index (χ2n) is 7.50. The quantitative estimate of drug-likeness (QED) is 0.481. The first-order chi connectivity index (χ1) is 9.76. The molecule has 6 heteroatoms. The van der Waals surface area contributed by atoms with E-state index in [-0.39, 0.29) is 17.4 Å². The Morgan fingerprint density at radius 3 is 1.45 bits per heavy atom. The Morgan fingerprint density at radius 2 is 1.23 bits per heavy atom. The smallest absolute Gasteiger partial charge is 0.669 e. The van der Waals surface area contributed by atoms with Crippen molar-refractivity contribution in [2.45, 2.75) is 69.9 Å². The van der Waals surface area contributed by atoms with Crippen LogP contribution in [0.4, 0.5) is 0 Å². The Balaban J connectivity index is 0.000000622. The molecule has 2 aliphatic rings. The first-order valence-electron chi connectivity index (χ1n) is 8.39. The molecule has 2 unspecified atom stereocenters. The second kappa shape index (κ2) is 9.98. The Morgan fingerprint density at radius 1 is 0.864 bits per heavy atom. The van der Waals surface area contributed by atoms with Crippen molar-refractivity contribution in [3.8, 4) is 0 Å². The summed E-state index contributed by atoms with van der Waals surface area (Å²) in [5.74, 6) is 1.73. The molecule has 0 N–H and O–H groups in total. The van der Waals surface area contributed by atoms with E-state index in [0.29, 0.717) is 0 Å². The molecule has 0 aromatic carbocycles. The van der Waals surface area contributed by atoms with Crippen molar-refractivity contribution in [1.29, 1.82) is 0 Å². The second-order valence-corrected chi connectivity index (χ2v) is 16.4. The molecule has 0 amide bonds. The molecule has 2 rings (SSSR count). The topological polar surface area (TPSA) is 37.4 Å². The molecule has 1 saturated heterocycles. The number of hydrogen-bond donors (Lipinski definition) is 0. The number of ether oxygens (including phenoxy) is 1. The van der Waals surface area contributed by atoms with Crippen LogP contribution in [0.25, 0.3) is 9.96 Å². The van der Waals surface area contributed by atoms with Gasteiger partial charge in [-0.25, -0.2) is 0 Å². The summed E-state index contributed by atoms with van der Waals surface area (Å²) in [5.41, 5.74) is 1.60. The molecule has 22 heavy (non-hydrogen) atoms. The minimum Gasteiger partial charge on any atom is -0.669 e. The summed E-state index contributed by atoms with van der Waals surface area (Å²) in [6.45, 7) is 14.0. The zero-order chi connectivity index (χ0) is 16.1. The maximum atomic E-state index is 4.94. The molecule has 1 aliphatic heterocycles. The summed E-state index contributed by atoms with van der Waals surface area (Å²) in [7, 11) is 1.28. The van der Waals surface area contributed by atoms with Crippen LogP contribution >= 0.6 is 0 Å². The van der Waals surface area contributed by atoms with Crippen molar-refractivity contribution in [3.05, 3.63) is 15.9 Å². The van der Waals surface area contributed by atoms with Crippen LogP contribution in [-0.2, 0) is 22.1 Å².